The highest BCUT2D eigenvalue weighted by Gasteiger charge is 2.45. The maximum absolute atomic E-state index is 13.0. The van der Waals surface area contributed by atoms with Crippen molar-refractivity contribution in [2.75, 3.05) is 6.61 Å². The minimum absolute atomic E-state index is 0.0702. The van der Waals surface area contributed by atoms with Gasteiger partial charge in [0.1, 0.15) is 31.0 Å². The van der Waals surface area contributed by atoms with Gasteiger partial charge in [-0.2, -0.15) is 9.78 Å². The minimum Gasteiger partial charge on any atom is -0.479 e. The average molecular weight is 709 g/mol. The smallest absolute Gasteiger partial charge is 0.343 e. The van der Waals surface area contributed by atoms with Crippen LogP contribution in [-0.2, 0) is 48.2 Å². The number of aliphatic hydroxyl groups excluding tert-OH is 4. The van der Waals surface area contributed by atoms with Gasteiger partial charge in [0.25, 0.3) is 0 Å². The molecule has 1 aliphatic rings. The van der Waals surface area contributed by atoms with E-state index in [-0.39, 0.29) is 12.8 Å². The van der Waals surface area contributed by atoms with Gasteiger partial charge in [-0.05, 0) is 12.8 Å². The zero-order valence-corrected chi connectivity index (χ0v) is 29.2. The molecule has 0 aromatic carbocycles. The van der Waals surface area contributed by atoms with Gasteiger partial charge in [-0.25, -0.2) is 19.2 Å². The highest BCUT2D eigenvalue weighted by Crippen LogP contribution is 2.21. The van der Waals surface area contributed by atoms with Crippen LogP contribution in [0.1, 0.15) is 142 Å². The Morgan fingerprint density at radius 3 is 1.41 bits per heavy atom. The average Bonchev–Trinajstić information content (AvgIpc) is 3.07. The Bertz CT molecular complexity index is 916. The van der Waals surface area contributed by atoms with Crippen molar-refractivity contribution in [1.29, 1.82) is 0 Å². The number of esters is 1. The van der Waals surface area contributed by atoms with E-state index < -0.39 is 73.4 Å². The molecule has 1 saturated heterocycles. The van der Waals surface area contributed by atoms with Crippen molar-refractivity contribution in [3.8, 4) is 0 Å². The second-order valence-electron chi connectivity index (χ2n) is 12.6. The lowest BCUT2D eigenvalue weighted by molar-refractivity contribution is -0.352. The molecule has 1 unspecified atom stereocenters. The van der Waals surface area contributed by atoms with Crippen LogP contribution in [0.5, 0.6) is 0 Å². The fourth-order valence-corrected chi connectivity index (χ4v) is 5.20. The van der Waals surface area contributed by atoms with Gasteiger partial charge < -0.3 is 35.0 Å². The third-order valence-corrected chi connectivity index (χ3v) is 8.29. The predicted molar refractivity (Wildman–Crippen MR) is 173 cm³/mol. The lowest BCUT2D eigenvalue weighted by Gasteiger charge is -2.38. The van der Waals surface area contributed by atoms with E-state index in [0.29, 0.717) is 12.8 Å². The maximum atomic E-state index is 13.0. The predicted octanol–water partition coefficient (Wildman–Crippen LogP) is 3.94. The number of hydrogen-bond acceptors (Lipinski definition) is 14. The molecule has 1 heterocycles. The Morgan fingerprint density at radius 1 is 0.571 bits per heavy atom. The lowest BCUT2D eigenvalue weighted by Crippen LogP contribution is -2.59. The molecule has 15 nitrogen and oxygen atoms in total. The van der Waals surface area contributed by atoms with Crippen molar-refractivity contribution in [2.24, 2.45) is 0 Å². The molecule has 0 amide bonds. The van der Waals surface area contributed by atoms with Crippen molar-refractivity contribution >= 4 is 23.9 Å². The first-order valence-electron chi connectivity index (χ1n) is 18.0. The zero-order chi connectivity index (χ0) is 36.4. The van der Waals surface area contributed by atoms with Crippen LogP contribution in [0.2, 0.25) is 0 Å². The molecule has 1 aliphatic heterocycles. The molecule has 49 heavy (non-hydrogen) atoms. The number of hydrogen-bond donors (Lipinski definition) is 5. The first-order valence-corrected chi connectivity index (χ1v) is 18.0. The fourth-order valence-electron chi connectivity index (χ4n) is 5.20. The van der Waals surface area contributed by atoms with E-state index in [1.165, 1.54) is 44.9 Å². The normalized spacial score (nSPS) is 21.9. The number of unbranched alkanes of at least 4 members (excludes halogenated alkanes) is 16. The molecule has 0 aliphatic carbocycles. The summed E-state index contributed by atoms with van der Waals surface area (Å²) in [4.78, 5) is 68.6. The Kier molecular flexibility index (Phi) is 24.9. The zero-order valence-electron chi connectivity index (χ0n) is 29.2. The highest BCUT2D eigenvalue weighted by molar-refractivity contribution is 5.85. The summed E-state index contributed by atoms with van der Waals surface area (Å²) in [5.41, 5.74) is 0. The summed E-state index contributed by atoms with van der Waals surface area (Å²) in [5.74, 6) is -5.08. The summed E-state index contributed by atoms with van der Waals surface area (Å²) in [6.07, 6.45) is 4.38. The molecule has 0 spiro atoms. The number of carboxylic acid groups (broad SMARTS) is 1. The first-order chi connectivity index (χ1) is 23.5. The van der Waals surface area contributed by atoms with Gasteiger partial charge in [0, 0.05) is 12.8 Å². The van der Waals surface area contributed by atoms with E-state index in [0.717, 1.165) is 57.8 Å². The minimum atomic E-state index is -2.34. The molecule has 1 rings (SSSR count). The Morgan fingerprint density at radius 2 is 0.980 bits per heavy atom. The monoisotopic (exact) mass is 708 g/mol. The molecule has 1 fully saturated rings. The van der Waals surface area contributed by atoms with Gasteiger partial charge >= 0.3 is 23.9 Å². The van der Waals surface area contributed by atoms with Crippen LogP contribution in [0, 0.1) is 0 Å². The van der Waals surface area contributed by atoms with Gasteiger partial charge in [-0.1, -0.05) is 117 Å². The molecule has 0 aromatic heterocycles. The van der Waals surface area contributed by atoms with Gasteiger partial charge in [-0.15, -0.1) is 0 Å². The number of carboxylic acids is 1. The fraction of sp³-hybridized carbons (Fsp3) is 0.882. The molecule has 0 saturated carbocycles. The van der Waals surface area contributed by atoms with E-state index >= 15 is 0 Å². The lowest BCUT2D eigenvalue weighted by atomic mass is 9.99. The quantitative estimate of drug-likeness (QED) is 0.0321. The van der Waals surface area contributed by atoms with E-state index in [4.69, 9.17) is 24.1 Å². The first kappa shape index (κ1) is 44.6. The maximum Gasteiger partial charge on any atom is 0.343 e. The summed E-state index contributed by atoms with van der Waals surface area (Å²) in [5, 5.41) is 49.2. The molecule has 15 heteroatoms. The summed E-state index contributed by atoms with van der Waals surface area (Å²) < 4.78 is 9.93. The highest BCUT2D eigenvalue weighted by atomic mass is 17.2. The Labute approximate surface area is 289 Å². The van der Waals surface area contributed by atoms with Crippen LogP contribution in [0.4, 0.5) is 0 Å². The molecule has 5 N–H and O–H groups in total. The third-order valence-electron chi connectivity index (χ3n) is 8.29. The Balaban J connectivity index is 2.70. The van der Waals surface area contributed by atoms with Crippen molar-refractivity contribution < 1.29 is 73.7 Å². The number of aliphatic carboxylic acids is 1. The van der Waals surface area contributed by atoms with Crippen LogP contribution < -0.4 is 0 Å². The molecule has 0 aromatic rings. The number of ether oxygens (including phenoxy) is 2. The van der Waals surface area contributed by atoms with E-state index in [1.54, 1.807) is 0 Å². The van der Waals surface area contributed by atoms with Gasteiger partial charge in [-0.3, -0.25) is 9.78 Å². The Hall–Kier alpha value is -2.40. The summed E-state index contributed by atoms with van der Waals surface area (Å²) in [6, 6.07) is 0. The molecule has 7 atom stereocenters. The summed E-state index contributed by atoms with van der Waals surface area (Å²) in [7, 11) is 0. The second-order valence-corrected chi connectivity index (χ2v) is 12.6. The summed E-state index contributed by atoms with van der Waals surface area (Å²) >= 11 is 0. The van der Waals surface area contributed by atoms with E-state index in [9.17, 15) is 44.7 Å². The standard InChI is InChI=1S/C34H60O15/c1-3-5-7-9-11-13-15-17-19-21-25(35)46-48-30(32(40)41)31(34(43)44-23-24-27(37)28(38)29(39)33(42)45-24)49-47-26(36)22-20-18-16-14-12-10-8-6-4-2/h24,27-31,33,37-39,42H,3-23H2,1-2H3,(H,40,41)/t24-,27-,28+,29-,30-,31-,33?/m1/s1. The summed E-state index contributed by atoms with van der Waals surface area (Å²) in [6.45, 7) is 3.46. The van der Waals surface area contributed by atoms with E-state index in [2.05, 4.69) is 18.7 Å². The largest absolute Gasteiger partial charge is 0.479 e. The van der Waals surface area contributed by atoms with Crippen molar-refractivity contribution in [1.82, 2.24) is 0 Å². The number of carbonyl (C=O) groups excluding carboxylic acids is 3. The number of carbonyl (C=O) groups is 4. The van der Waals surface area contributed by atoms with Crippen LogP contribution in [0.25, 0.3) is 0 Å². The van der Waals surface area contributed by atoms with Crippen LogP contribution >= 0.6 is 0 Å². The van der Waals surface area contributed by atoms with Crippen molar-refractivity contribution in [3.63, 3.8) is 0 Å². The third kappa shape index (κ3) is 19.5. The molecule has 0 radical (unpaired) electrons. The number of rotatable bonds is 29. The topological polar surface area (TPSA) is 225 Å². The van der Waals surface area contributed by atoms with Gasteiger partial charge in [0.05, 0.1) is 0 Å². The molecule has 286 valence electrons. The van der Waals surface area contributed by atoms with Crippen molar-refractivity contribution in [2.45, 2.75) is 185 Å². The van der Waals surface area contributed by atoms with Crippen LogP contribution in [0.15, 0.2) is 0 Å². The molecular weight excluding hydrogens is 648 g/mol. The van der Waals surface area contributed by atoms with Crippen LogP contribution in [-0.4, -0.2) is 98.9 Å². The van der Waals surface area contributed by atoms with Crippen molar-refractivity contribution in [3.05, 3.63) is 0 Å². The second kappa shape index (κ2) is 27.3. The van der Waals surface area contributed by atoms with Gasteiger partial charge in [0.15, 0.2) is 6.29 Å². The SMILES string of the molecule is CCCCCCCCCCCC(=O)OO[C@@H](C(=O)O)[C@@H](OOC(=O)CCCCCCCCCCC)C(=O)OC[C@H]1OC(O)[C@H](O)[C@@H](O)[C@@H]1O. The van der Waals surface area contributed by atoms with Crippen LogP contribution in [0.3, 0.4) is 0 Å². The number of aliphatic hydroxyl groups is 4. The molecule has 0 bridgehead atoms. The van der Waals surface area contributed by atoms with Gasteiger partial charge in [0.2, 0.25) is 12.2 Å². The molecular formula is C34H60O15. The van der Waals surface area contributed by atoms with E-state index in [1.807, 2.05) is 0 Å².